The first-order chi connectivity index (χ1) is 12.5. The second-order valence-electron chi connectivity index (χ2n) is 8.21. The summed E-state index contributed by atoms with van der Waals surface area (Å²) in [6.45, 7) is 5.44. The second-order valence-corrected chi connectivity index (χ2v) is 8.21. The molecule has 2 heterocycles. The van der Waals surface area contributed by atoms with Gasteiger partial charge in [0.15, 0.2) is 0 Å². The highest BCUT2D eigenvalue weighted by molar-refractivity contribution is 5.94. The molecule has 0 atom stereocenters. The van der Waals surface area contributed by atoms with Crippen molar-refractivity contribution < 1.29 is 9.59 Å². The quantitative estimate of drug-likeness (QED) is 0.805. The van der Waals surface area contributed by atoms with Gasteiger partial charge in [-0.3, -0.25) is 9.59 Å². The first-order valence-corrected chi connectivity index (χ1v) is 10.3. The van der Waals surface area contributed by atoms with Gasteiger partial charge in [0.1, 0.15) is 5.69 Å². The van der Waals surface area contributed by atoms with E-state index in [2.05, 4.69) is 10.3 Å². The van der Waals surface area contributed by atoms with Crippen molar-refractivity contribution in [3.8, 4) is 0 Å². The number of carbonyl (C=O) groups is 2. The van der Waals surface area contributed by atoms with Crippen molar-refractivity contribution in [3.63, 3.8) is 0 Å². The minimum Gasteiger partial charge on any atom is -0.354 e. The molecular formula is C21H33N3O2. The summed E-state index contributed by atoms with van der Waals surface area (Å²) in [6, 6.07) is 2.39. The predicted octanol–water partition coefficient (Wildman–Crippen LogP) is 3.71. The number of rotatable bonds is 4. The summed E-state index contributed by atoms with van der Waals surface area (Å²) < 4.78 is 0. The number of nitrogens with one attached hydrogen (secondary N) is 2. The fourth-order valence-electron chi connectivity index (χ4n) is 4.42. The number of nitrogens with zero attached hydrogens (tertiary/aromatic N) is 1. The van der Waals surface area contributed by atoms with E-state index in [1.807, 2.05) is 24.8 Å². The van der Waals surface area contributed by atoms with Crippen molar-refractivity contribution in [2.75, 3.05) is 13.1 Å². The van der Waals surface area contributed by atoms with Crippen molar-refractivity contribution in [1.82, 2.24) is 15.2 Å². The molecule has 0 unspecified atom stereocenters. The van der Waals surface area contributed by atoms with Crippen LogP contribution in [-0.2, 0) is 4.79 Å². The highest BCUT2D eigenvalue weighted by Gasteiger charge is 2.27. The molecule has 2 N–H and O–H groups in total. The monoisotopic (exact) mass is 359 g/mol. The SMILES string of the molecule is Cc1cc(C)c(C(=O)N2CCC(CC(=O)NC3CCCCCC3)CC2)[nH]1. The molecule has 2 fully saturated rings. The number of aromatic amines is 1. The fourth-order valence-corrected chi connectivity index (χ4v) is 4.42. The largest absolute Gasteiger partial charge is 0.354 e. The molecule has 1 aliphatic heterocycles. The Morgan fingerprint density at radius 1 is 1.08 bits per heavy atom. The zero-order chi connectivity index (χ0) is 18.5. The maximum atomic E-state index is 12.7. The lowest BCUT2D eigenvalue weighted by molar-refractivity contribution is -0.123. The maximum absolute atomic E-state index is 12.7. The van der Waals surface area contributed by atoms with Crippen LogP contribution in [0.5, 0.6) is 0 Å². The zero-order valence-corrected chi connectivity index (χ0v) is 16.3. The topological polar surface area (TPSA) is 65.2 Å². The highest BCUT2D eigenvalue weighted by Crippen LogP contribution is 2.23. The number of hydrogen-bond acceptors (Lipinski definition) is 2. The standard InChI is InChI=1S/C21H33N3O2/c1-15-13-16(2)22-20(15)21(26)24-11-9-17(10-12-24)14-19(25)23-18-7-5-3-4-6-8-18/h13,17-18,22H,3-12,14H2,1-2H3,(H,23,25). The van der Waals surface area contributed by atoms with E-state index in [4.69, 9.17) is 0 Å². The van der Waals surface area contributed by atoms with E-state index >= 15 is 0 Å². The fraction of sp³-hybridized carbons (Fsp3) is 0.714. The van der Waals surface area contributed by atoms with Crippen molar-refractivity contribution in [1.29, 1.82) is 0 Å². The van der Waals surface area contributed by atoms with Gasteiger partial charge in [-0.15, -0.1) is 0 Å². The molecule has 1 saturated carbocycles. The number of likely N-dealkylation sites (tertiary alicyclic amines) is 1. The molecule has 0 spiro atoms. The zero-order valence-electron chi connectivity index (χ0n) is 16.3. The molecule has 1 aliphatic carbocycles. The first kappa shape index (κ1) is 19.0. The van der Waals surface area contributed by atoms with E-state index in [9.17, 15) is 9.59 Å². The van der Waals surface area contributed by atoms with Gasteiger partial charge in [0, 0.05) is 31.2 Å². The van der Waals surface area contributed by atoms with E-state index in [1.165, 1.54) is 25.7 Å². The number of piperidine rings is 1. The molecule has 0 bridgehead atoms. The van der Waals surface area contributed by atoms with E-state index in [0.717, 1.165) is 50.0 Å². The van der Waals surface area contributed by atoms with Crippen LogP contribution >= 0.6 is 0 Å². The lowest BCUT2D eigenvalue weighted by Crippen LogP contribution is -2.41. The molecular weight excluding hydrogens is 326 g/mol. The third-order valence-electron chi connectivity index (χ3n) is 5.96. The Morgan fingerprint density at radius 3 is 2.31 bits per heavy atom. The van der Waals surface area contributed by atoms with Crippen LogP contribution in [0.15, 0.2) is 6.07 Å². The van der Waals surface area contributed by atoms with Crippen LogP contribution in [0.2, 0.25) is 0 Å². The summed E-state index contributed by atoms with van der Waals surface area (Å²) in [4.78, 5) is 30.2. The molecule has 0 aromatic carbocycles. The third-order valence-corrected chi connectivity index (χ3v) is 5.96. The lowest BCUT2D eigenvalue weighted by atomic mass is 9.92. The molecule has 2 amide bonds. The highest BCUT2D eigenvalue weighted by atomic mass is 16.2. The van der Waals surface area contributed by atoms with E-state index in [0.29, 0.717) is 24.1 Å². The molecule has 1 aromatic heterocycles. The molecule has 5 nitrogen and oxygen atoms in total. The lowest BCUT2D eigenvalue weighted by Gasteiger charge is -2.32. The van der Waals surface area contributed by atoms with E-state index in [1.54, 1.807) is 0 Å². The van der Waals surface area contributed by atoms with Gasteiger partial charge in [0.25, 0.3) is 5.91 Å². The Hall–Kier alpha value is -1.78. The number of aromatic nitrogens is 1. The van der Waals surface area contributed by atoms with Crippen molar-refractivity contribution in [2.24, 2.45) is 5.92 Å². The molecule has 5 heteroatoms. The van der Waals surface area contributed by atoms with Crippen molar-refractivity contribution >= 4 is 11.8 Å². The maximum Gasteiger partial charge on any atom is 0.270 e. The number of hydrogen-bond donors (Lipinski definition) is 2. The molecule has 2 aliphatic rings. The minimum absolute atomic E-state index is 0.0944. The minimum atomic E-state index is 0.0944. The summed E-state index contributed by atoms with van der Waals surface area (Å²) in [5.41, 5.74) is 2.75. The Labute approximate surface area is 156 Å². The van der Waals surface area contributed by atoms with Gasteiger partial charge in [0.2, 0.25) is 5.91 Å². The van der Waals surface area contributed by atoms with Gasteiger partial charge in [-0.05, 0) is 57.1 Å². The Morgan fingerprint density at radius 2 is 1.73 bits per heavy atom. The van der Waals surface area contributed by atoms with Gasteiger partial charge in [-0.2, -0.15) is 0 Å². The van der Waals surface area contributed by atoms with Crippen LogP contribution in [0.3, 0.4) is 0 Å². The van der Waals surface area contributed by atoms with Gasteiger partial charge in [0.05, 0.1) is 0 Å². The number of amides is 2. The molecule has 144 valence electrons. The Balaban J connectivity index is 1.44. The number of H-pyrrole nitrogens is 1. The van der Waals surface area contributed by atoms with Gasteiger partial charge < -0.3 is 15.2 Å². The number of aryl methyl sites for hydroxylation is 2. The van der Waals surface area contributed by atoms with Gasteiger partial charge >= 0.3 is 0 Å². The van der Waals surface area contributed by atoms with Crippen LogP contribution < -0.4 is 5.32 Å². The number of carbonyl (C=O) groups excluding carboxylic acids is 2. The van der Waals surface area contributed by atoms with Crippen LogP contribution in [0.4, 0.5) is 0 Å². The summed E-state index contributed by atoms with van der Waals surface area (Å²) >= 11 is 0. The van der Waals surface area contributed by atoms with E-state index < -0.39 is 0 Å². The van der Waals surface area contributed by atoms with Gasteiger partial charge in [-0.25, -0.2) is 0 Å². The van der Waals surface area contributed by atoms with Crippen LogP contribution in [0, 0.1) is 19.8 Å². The normalized spacial score (nSPS) is 20.0. The molecule has 1 saturated heterocycles. The van der Waals surface area contributed by atoms with Crippen molar-refractivity contribution in [2.45, 2.75) is 77.7 Å². The van der Waals surface area contributed by atoms with Crippen LogP contribution in [-0.4, -0.2) is 40.8 Å². The molecule has 1 aromatic rings. The average Bonchev–Trinajstić information content (AvgIpc) is 2.80. The van der Waals surface area contributed by atoms with Gasteiger partial charge in [-0.1, -0.05) is 25.7 Å². The smallest absolute Gasteiger partial charge is 0.270 e. The second kappa shape index (κ2) is 8.74. The Kier molecular flexibility index (Phi) is 6.38. The Bertz CT molecular complexity index is 621. The summed E-state index contributed by atoms with van der Waals surface area (Å²) in [6.07, 6.45) is 9.80. The average molecular weight is 360 g/mol. The molecule has 3 rings (SSSR count). The predicted molar refractivity (Wildman–Crippen MR) is 103 cm³/mol. The summed E-state index contributed by atoms with van der Waals surface area (Å²) in [5, 5.41) is 3.25. The first-order valence-electron chi connectivity index (χ1n) is 10.3. The molecule has 0 radical (unpaired) electrons. The van der Waals surface area contributed by atoms with E-state index in [-0.39, 0.29) is 11.8 Å². The van der Waals surface area contributed by atoms with Crippen LogP contribution in [0.1, 0.15) is 79.5 Å². The molecule has 26 heavy (non-hydrogen) atoms. The summed E-state index contributed by atoms with van der Waals surface area (Å²) in [7, 11) is 0. The summed E-state index contributed by atoms with van der Waals surface area (Å²) in [5.74, 6) is 0.700. The third kappa shape index (κ3) is 4.89. The van der Waals surface area contributed by atoms with Crippen LogP contribution in [0.25, 0.3) is 0 Å². The van der Waals surface area contributed by atoms with Crippen molar-refractivity contribution in [3.05, 3.63) is 23.0 Å².